The summed E-state index contributed by atoms with van der Waals surface area (Å²) in [5.41, 5.74) is 1.62. The van der Waals surface area contributed by atoms with Crippen LogP contribution in [-0.4, -0.2) is 34.2 Å². The van der Waals surface area contributed by atoms with Gasteiger partial charge < -0.3 is 5.11 Å². The number of hydrogen-bond acceptors (Lipinski definition) is 3. The zero-order valence-corrected chi connectivity index (χ0v) is 20.1. The Hall–Kier alpha value is 0.412. The third-order valence-corrected chi connectivity index (χ3v) is 10.7. The van der Waals surface area contributed by atoms with Gasteiger partial charge in [0.2, 0.25) is 0 Å². The van der Waals surface area contributed by atoms with Gasteiger partial charge in [0.15, 0.2) is 0 Å². The van der Waals surface area contributed by atoms with E-state index in [-0.39, 0.29) is 15.9 Å². The predicted octanol–water partition coefficient (Wildman–Crippen LogP) is 4.74. The van der Waals surface area contributed by atoms with Crippen molar-refractivity contribution in [1.29, 1.82) is 0 Å². The molecule has 4 fully saturated rings. The van der Waals surface area contributed by atoms with Crippen molar-refractivity contribution in [3.63, 3.8) is 0 Å². The van der Waals surface area contributed by atoms with Crippen LogP contribution in [0.3, 0.4) is 0 Å². The first-order valence-corrected chi connectivity index (χ1v) is 12.1. The van der Waals surface area contributed by atoms with E-state index in [0.717, 1.165) is 11.8 Å². The molecule has 27 heavy (non-hydrogen) atoms. The van der Waals surface area contributed by atoms with Crippen LogP contribution in [0.4, 0.5) is 0 Å². The fourth-order valence-corrected chi connectivity index (χ4v) is 7.99. The summed E-state index contributed by atoms with van der Waals surface area (Å²) in [4.78, 5) is 0. The summed E-state index contributed by atoms with van der Waals surface area (Å²) in [6, 6.07) is 0. The van der Waals surface area contributed by atoms with Crippen LogP contribution in [-0.2, 0) is 7.58 Å². The third-order valence-electron chi connectivity index (χ3n) is 9.87. The molecule has 0 radical (unpaired) electrons. The maximum atomic E-state index is 9.53. The zero-order chi connectivity index (χ0) is 20.3. The van der Waals surface area contributed by atoms with E-state index in [1.807, 2.05) is 0 Å². The second-order valence-corrected chi connectivity index (χ2v) is 12.4. The van der Waals surface area contributed by atoms with E-state index in [9.17, 15) is 5.11 Å². The van der Waals surface area contributed by atoms with Gasteiger partial charge >= 0.3 is 149 Å². The van der Waals surface area contributed by atoms with Crippen molar-refractivity contribution in [1.82, 2.24) is 0 Å². The molecule has 0 aromatic rings. The summed E-state index contributed by atoms with van der Waals surface area (Å²) >= 11 is -0.314. The Morgan fingerprint density at radius 3 is 1.33 bits per heavy atom. The number of rotatable bonds is 4. The van der Waals surface area contributed by atoms with E-state index in [0.29, 0.717) is 33.9 Å². The first-order valence-electron chi connectivity index (χ1n) is 11.1. The topological polar surface area (TPSA) is 41.5 Å². The summed E-state index contributed by atoms with van der Waals surface area (Å²) < 4.78 is 12.8. The molecule has 6 unspecified atom stereocenters. The summed E-state index contributed by atoms with van der Waals surface area (Å²) in [5, 5.41) is 9.53. The van der Waals surface area contributed by atoms with Crippen molar-refractivity contribution in [2.24, 2.45) is 33.5 Å². The van der Waals surface area contributed by atoms with Crippen molar-refractivity contribution in [3.05, 3.63) is 0 Å². The normalized spacial score (nSPS) is 45.7. The molecule has 4 saturated carbocycles. The van der Waals surface area contributed by atoms with Crippen LogP contribution in [0.25, 0.3) is 0 Å². The molecular formula is C23H41AlO3. The van der Waals surface area contributed by atoms with Crippen molar-refractivity contribution >= 4 is 15.9 Å². The van der Waals surface area contributed by atoms with Gasteiger partial charge in [0.05, 0.1) is 0 Å². The molecule has 4 heteroatoms. The molecule has 0 aromatic carbocycles. The summed E-state index contributed by atoms with van der Waals surface area (Å²) in [7, 11) is 0. The van der Waals surface area contributed by atoms with Gasteiger partial charge in [-0.1, -0.05) is 13.8 Å². The SMILES string of the molecule is CC(C)[O-].CC1(C)C2CCC1(C)C([O][Al+][O]C1CC3CCC1(C)C3(C)C)C2. The second-order valence-electron chi connectivity index (χ2n) is 11.6. The van der Waals surface area contributed by atoms with Crippen LogP contribution >= 0.6 is 0 Å². The molecule has 0 aromatic heterocycles. The van der Waals surface area contributed by atoms with Crippen LogP contribution in [0.1, 0.15) is 93.9 Å². The molecule has 0 spiro atoms. The van der Waals surface area contributed by atoms with E-state index in [4.69, 9.17) is 7.58 Å². The molecule has 0 amide bonds. The molecule has 4 bridgehead atoms. The number of fused-ring (bicyclic) bond motifs is 4. The molecule has 0 aliphatic heterocycles. The molecule has 4 aliphatic rings. The number of hydrogen-bond donors (Lipinski definition) is 0. The Morgan fingerprint density at radius 1 is 0.778 bits per heavy atom. The molecule has 0 heterocycles. The third kappa shape index (κ3) is 3.36. The van der Waals surface area contributed by atoms with E-state index in [1.54, 1.807) is 13.8 Å². The zero-order valence-electron chi connectivity index (χ0n) is 18.9. The Morgan fingerprint density at radius 2 is 1.11 bits per heavy atom. The Bertz CT molecular complexity index is 499. The summed E-state index contributed by atoms with van der Waals surface area (Å²) in [6.45, 7) is 18.0. The van der Waals surface area contributed by atoms with Crippen LogP contribution in [0.5, 0.6) is 0 Å². The van der Waals surface area contributed by atoms with Crippen LogP contribution in [0, 0.1) is 33.5 Å². The van der Waals surface area contributed by atoms with E-state index < -0.39 is 6.10 Å². The first kappa shape index (κ1) is 22.1. The average Bonchev–Trinajstić information content (AvgIpc) is 3.06. The standard InChI is InChI=1S/2C10H17O.C3H7O.Al/c2*1-9(2)7-4-5-10(9,3)8(11)6-7;1-3(2)4;/h2*7-8H,4-6H2,1-3H3;3H,1-2H3;/q3*-1;+3. The maximum absolute atomic E-state index is 9.53. The second kappa shape index (κ2) is 7.28. The van der Waals surface area contributed by atoms with Crippen molar-refractivity contribution in [2.45, 2.75) is 112 Å². The summed E-state index contributed by atoms with van der Waals surface area (Å²) in [6.07, 6.45) is 8.45. The van der Waals surface area contributed by atoms with Gasteiger partial charge in [0.25, 0.3) is 0 Å². The van der Waals surface area contributed by atoms with Crippen LogP contribution in [0.15, 0.2) is 0 Å². The van der Waals surface area contributed by atoms with Crippen LogP contribution in [0.2, 0.25) is 0 Å². The minimum absolute atomic E-state index is 0.314. The molecule has 3 nitrogen and oxygen atoms in total. The van der Waals surface area contributed by atoms with Crippen molar-refractivity contribution in [2.75, 3.05) is 0 Å². The molecule has 4 aliphatic carbocycles. The fourth-order valence-electron chi connectivity index (χ4n) is 6.84. The molecule has 6 atom stereocenters. The van der Waals surface area contributed by atoms with Gasteiger partial charge in [-0.15, -0.1) is 6.10 Å². The van der Waals surface area contributed by atoms with Gasteiger partial charge in [-0.3, -0.25) is 0 Å². The Kier molecular flexibility index (Phi) is 5.96. The molecule has 4 rings (SSSR count). The average molecular weight is 393 g/mol. The molecule has 0 N–H and O–H groups in total. The Balaban J connectivity index is 0.000000481. The summed E-state index contributed by atoms with van der Waals surface area (Å²) in [5.74, 6) is 1.71. The minimum atomic E-state index is -0.417. The molecule has 0 saturated heterocycles. The monoisotopic (exact) mass is 392 g/mol. The quantitative estimate of drug-likeness (QED) is 0.649. The van der Waals surface area contributed by atoms with Gasteiger partial charge in [0, 0.05) is 0 Å². The van der Waals surface area contributed by atoms with Gasteiger partial charge in [-0.2, -0.15) is 0 Å². The Labute approximate surface area is 174 Å². The van der Waals surface area contributed by atoms with Gasteiger partial charge in [0.1, 0.15) is 0 Å². The predicted molar refractivity (Wildman–Crippen MR) is 109 cm³/mol. The molecular weight excluding hydrogens is 351 g/mol. The fraction of sp³-hybridized carbons (Fsp3) is 1.00. The van der Waals surface area contributed by atoms with Gasteiger partial charge in [-0.25, -0.2) is 0 Å². The van der Waals surface area contributed by atoms with Crippen LogP contribution < -0.4 is 5.11 Å². The van der Waals surface area contributed by atoms with E-state index in [2.05, 4.69) is 41.5 Å². The molecule has 154 valence electrons. The van der Waals surface area contributed by atoms with Gasteiger partial charge in [-0.05, 0) is 0 Å². The van der Waals surface area contributed by atoms with Crippen molar-refractivity contribution in [3.8, 4) is 0 Å². The van der Waals surface area contributed by atoms with E-state index in [1.165, 1.54) is 38.5 Å². The van der Waals surface area contributed by atoms with E-state index >= 15 is 0 Å². The van der Waals surface area contributed by atoms with Crippen molar-refractivity contribution < 1.29 is 12.7 Å². The first-order chi connectivity index (χ1) is 12.4.